The van der Waals surface area contributed by atoms with E-state index in [1.165, 1.54) is 4.90 Å². The molecule has 8 heteroatoms. The van der Waals surface area contributed by atoms with E-state index in [4.69, 9.17) is 27.9 Å². The van der Waals surface area contributed by atoms with Crippen LogP contribution < -0.4 is 10.1 Å². The van der Waals surface area contributed by atoms with Gasteiger partial charge in [-0.05, 0) is 62.1 Å². The Hall–Kier alpha value is -1.76. The first-order valence-electron chi connectivity index (χ1n) is 11.1. The van der Waals surface area contributed by atoms with E-state index in [0.717, 1.165) is 28.4 Å². The fourth-order valence-electron chi connectivity index (χ4n) is 3.50. The molecular formula is C25H31BrCl2N2O3. The molecule has 0 saturated carbocycles. The summed E-state index contributed by atoms with van der Waals surface area (Å²) in [5.41, 5.74) is 2.63. The molecule has 2 amide bonds. The Balaban J connectivity index is 2.28. The lowest BCUT2D eigenvalue weighted by Crippen LogP contribution is -2.50. The smallest absolute Gasteiger partial charge is 0.261 e. The predicted octanol–water partition coefficient (Wildman–Crippen LogP) is 6.48. The second kappa shape index (κ2) is 13.2. The van der Waals surface area contributed by atoms with Crippen LogP contribution in [0, 0.1) is 13.8 Å². The van der Waals surface area contributed by atoms with Gasteiger partial charge in [-0.1, -0.05) is 65.5 Å². The van der Waals surface area contributed by atoms with Gasteiger partial charge in [-0.15, -0.1) is 0 Å². The first-order chi connectivity index (χ1) is 15.7. The van der Waals surface area contributed by atoms with Gasteiger partial charge in [-0.25, -0.2) is 0 Å². The fraction of sp³-hybridized carbons (Fsp3) is 0.440. The van der Waals surface area contributed by atoms with Crippen molar-refractivity contribution in [2.75, 3.05) is 13.2 Å². The molecule has 1 atom stereocenters. The molecule has 0 fully saturated rings. The minimum atomic E-state index is -0.668. The molecule has 0 unspecified atom stereocenters. The quantitative estimate of drug-likeness (QED) is 0.322. The number of benzene rings is 2. The predicted molar refractivity (Wildman–Crippen MR) is 138 cm³/mol. The largest absolute Gasteiger partial charge is 0.484 e. The number of carbonyl (C=O) groups excluding carboxylic acids is 2. The van der Waals surface area contributed by atoms with Crippen LogP contribution in [0.15, 0.2) is 34.8 Å². The van der Waals surface area contributed by atoms with Gasteiger partial charge in [0.2, 0.25) is 5.91 Å². The molecule has 5 nitrogen and oxygen atoms in total. The van der Waals surface area contributed by atoms with Gasteiger partial charge in [0.05, 0.1) is 0 Å². The van der Waals surface area contributed by atoms with Crippen molar-refractivity contribution in [2.24, 2.45) is 0 Å². The SMILES string of the molecule is CCCCNC(=O)[C@H](CC)N(Cc1c(Cl)cccc1Cl)C(=O)COc1cc(C)c(Br)c(C)c1. The van der Waals surface area contributed by atoms with E-state index in [2.05, 4.69) is 28.2 Å². The Kier molecular flexibility index (Phi) is 11.0. The number of amides is 2. The van der Waals surface area contributed by atoms with Gasteiger partial charge in [0, 0.05) is 33.2 Å². The third-order valence-corrected chi connectivity index (χ3v) is 7.34. The molecule has 0 heterocycles. The normalized spacial score (nSPS) is 11.7. The summed E-state index contributed by atoms with van der Waals surface area (Å²) < 4.78 is 6.83. The second-order valence-electron chi connectivity index (χ2n) is 7.95. The summed E-state index contributed by atoms with van der Waals surface area (Å²) >= 11 is 16.3. The van der Waals surface area contributed by atoms with E-state index in [1.54, 1.807) is 18.2 Å². The Morgan fingerprint density at radius 2 is 1.73 bits per heavy atom. The van der Waals surface area contributed by atoms with Crippen LogP contribution in [-0.2, 0) is 16.1 Å². The highest BCUT2D eigenvalue weighted by Crippen LogP contribution is 2.28. The number of ether oxygens (including phenoxy) is 1. The lowest BCUT2D eigenvalue weighted by atomic mass is 10.1. The highest BCUT2D eigenvalue weighted by molar-refractivity contribution is 9.10. The van der Waals surface area contributed by atoms with Crippen molar-refractivity contribution in [2.45, 2.75) is 59.5 Å². The molecule has 0 bridgehead atoms. The van der Waals surface area contributed by atoms with Crippen LogP contribution >= 0.6 is 39.1 Å². The zero-order chi connectivity index (χ0) is 24.5. The van der Waals surface area contributed by atoms with E-state index in [1.807, 2.05) is 32.9 Å². The lowest BCUT2D eigenvalue weighted by Gasteiger charge is -2.31. The van der Waals surface area contributed by atoms with Crippen molar-refractivity contribution in [1.29, 1.82) is 0 Å². The molecule has 0 aromatic heterocycles. The molecule has 180 valence electrons. The zero-order valence-corrected chi connectivity index (χ0v) is 22.6. The average Bonchev–Trinajstić information content (AvgIpc) is 2.77. The maximum atomic E-state index is 13.3. The van der Waals surface area contributed by atoms with Gasteiger partial charge >= 0.3 is 0 Å². The minimum Gasteiger partial charge on any atom is -0.484 e. The molecule has 2 rings (SSSR count). The van der Waals surface area contributed by atoms with E-state index in [-0.39, 0.29) is 25.0 Å². The molecule has 2 aromatic rings. The van der Waals surface area contributed by atoms with E-state index in [0.29, 0.717) is 34.3 Å². The lowest BCUT2D eigenvalue weighted by molar-refractivity contribution is -0.143. The van der Waals surface area contributed by atoms with Crippen molar-refractivity contribution in [3.8, 4) is 5.75 Å². The fourth-order valence-corrected chi connectivity index (χ4v) is 4.24. The summed E-state index contributed by atoms with van der Waals surface area (Å²) in [6.07, 6.45) is 2.29. The first-order valence-corrected chi connectivity index (χ1v) is 12.6. The van der Waals surface area contributed by atoms with Crippen LogP contribution in [0.25, 0.3) is 0 Å². The van der Waals surface area contributed by atoms with Crippen LogP contribution in [-0.4, -0.2) is 35.9 Å². The standard InChI is InChI=1S/C25H31BrCl2N2O3/c1-5-7-11-29-25(32)22(6-2)30(14-19-20(27)9-8-10-21(19)28)23(31)15-33-18-12-16(3)24(26)17(4)13-18/h8-10,12-13,22H,5-7,11,14-15H2,1-4H3,(H,29,32)/t22-/m0/s1. The third-order valence-electron chi connectivity index (χ3n) is 5.38. The Morgan fingerprint density at radius 1 is 1.12 bits per heavy atom. The summed E-state index contributed by atoms with van der Waals surface area (Å²) in [4.78, 5) is 27.8. The Morgan fingerprint density at radius 3 is 2.27 bits per heavy atom. The molecule has 0 saturated heterocycles. The third kappa shape index (κ3) is 7.62. The molecule has 0 aliphatic carbocycles. The van der Waals surface area contributed by atoms with Crippen molar-refractivity contribution >= 4 is 50.9 Å². The number of hydrogen-bond acceptors (Lipinski definition) is 3. The summed E-state index contributed by atoms with van der Waals surface area (Å²) in [6.45, 7) is 8.33. The second-order valence-corrected chi connectivity index (χ2v) is 9.56. The molecular weight excluding hydrogens is 527 g/mol. The first kappa shape index (κ1) is 27.5. The van der Waals surface area contributed by atoms with Crippen LogP contribution in [0.2, 0.25) is 10.0 Å². The number of nitrogens with one attached hydrogen (secondary N) is 1. The summed E-state index contributed by atoms with van der Waals surface area (Å²) in [6, 6.07) is 8.26. The average molecular weight is 558 g/mol. The molecule has 2 aromatic carbocycles. The summed E-state index contributed by atoms with van der Waals surface area (Å²) in [7, 11) is 0. The van der Waals surface area contributed by atoms with Crippen molar-refractivity contribution in [1.82, 2.24) is 10.2 Å². The molecule has 0 spiro atoms. The van der Waals surface area contributed by atoms with Gasteiger partial charge in [0.25, 0.3) is 5.91 Å². The molecule has 0 radical (unpaired) electrons. The molecule has 0 aliphatic heterocycles. The van der Waals surface area contributed by atoms with Crippen molar-refractivity contribution in [3.63, 3.8) is 0 Å². The number of unbranched alkanes of at least 4 members (excludes halogenated alkanes) is 1. The Labute approximate surface area is 214 Å². The van der Waals surface area contributed by atoms with Gasteiger partial charge in [0.1, 0.15) is 11.8 Å². The number of carbonyl (C=O) groups is 2. The number of halogens is 3. The highest BCUT2D eigenvalue weighted by atomic mass is 79.9. The van der Waals surface area contributed by atoms with Gasteiger partial charge < -0.3 is 15.0 Å². The summed E-state index contributed by atoms with van der Waals surface area (Å²) in [5.74, 6) is 0.0808. The zero-order valence-electron chi connectivity index (χ0n) is 19.5. The van der Waals surface area contributed by atoms with Gasteiger partial charge in [0.15, 0.2) is 6.61 Å². The van der Waals surface area contributed by atoms with E-state index >= 15 is 0 Å². The number of hydrogen-bond donors (Lipinski definition) is 1. The van der Waals surface area contributed by atoms with E-state index in [9.17, 15) is 9.59 Å². The number of nitrogens with zero attached hydrogens (tertiary/aromatic N) is 1. The topological polar surface area (TPSA) is 58.6 Å². The van der Waals surface area contributed by atoms with Gasteiger partial charge in [-0.3, -0.25) is 9.59 Å². The minimum absolute atomic E-state index is 0.110. The Bertz CT molecular complexity index is 941. The maximum Gasteiger partial charge on any atom is 0.261 e. The highest BCUT2D eigenvalue weighted by Gasteiger charge is 2.30. The van der Waals surface area contributed by atoms with Crippen LogP contribution in [0.5, 0.6) is 5.75 Å². The maximum absolute atomic E-state index is 13.3. The molecule has 0 aliphatic rings. The van der Waals surface area contributed by atoms with Crippen LogP contribution in [0.1, 0.15) is 49.8 Å². The van der Waals surface area contributed by atoms with Gasteiger partial charge in [-0.2, -0.15) is 0 Å². The van der Waals surface area contributed by atoms with Crippen molar-refractivity contribution < 1.29 is 14.3 Å². The molecule has 33 heavy (non-hydrogen) atoms. The number of aryl methyl sites for hydroxylation is 2. The van der Waals surface area contributed by atoms with Crippen LogP contribution in [0.4, 0.5) is 0 Å². The monoisotopic (exact) mass is 556 g/mol. The molecule has 1 N–H and O–H groups in total. The number of rotatable bonds is 11. The van der Waals surface area contributed by atoms with E-state index < -0.39 is 6.04 Å². The van der Waals surface area contributed by atoms with Crippen molar-refractivity contribution in [3.05, 3.63) is 61.5 Å². The summed E-state index contributed by atoms with van der Waals surface area (Å²) in [5, 5.41) is 3.83. The van der Waals surface area contributed by atoms with Crippen LogP contribution in [0.3, 0.4) is 0 Å².